The van der Waals surface area contributed by atoms with Crippen LogP contribution < -0.4 is 10.1 Å². The van der Waals surface area contributed by atoms with Gasteiger partial charge in [-0.25, -0.2) is 13.9 Å². The second kappa shape index (κ2) is 5.91. The number of benzene rings is 2. The molecule has 1 N–H and O–H groups in total. The Kier molecular flexibility index (Phi) is 3.39. The molecule has 27 heavy (non-hydrogen) atoms. The molecule has 6 nitrogen and oxygen atoms in total. The smallest absolute Gasteiger partial charge is 0.262 e. The number of nitrogens with one attached hydrogen (secondary N) is 1. The summed E-state index contributed by atoms with van der Waals surface area (Å²) in [6, 6.07) is 15.4. The van der Waals surface area contributed by atoms with E-state index in [4.69, 9.17) is 4.74 Å². The van der Waals surface area contributed by atoms with Crippen molar-refractivity contribution in [1.82, 2.24) is 14.6 Å². The van der Waals surface area contributed by atoms with Crippen LogP contribution in [0.1, 0.15) is 0 Å². The van der Waals surface area contributed by atoms with Crippen molar-refractivity contribution in [3.8, 4) is 28.3 Å². The van der Waals surface area contributed by atoms with Gasteiger partial charge in [0.2, 0.25) is 0 Å². The Hall–Kier alpha value is -3.74. The highest BCUT2D eigenvalue weighted by molar-refractivity contribution is 5.96. The number of nitrogens with zero attached hydrogens (tertiary/aromatic N) is 3. The summed E-state index contributed by atoms with van der Waals surface area (Å²) < 4.78 is 20.3. The molecule has 0 saturated carbocycles. The van der Waals surface area contributed by atoms with E-state index in [1.807, 2.05) is 30.3 Å². The van der Waals surface area contributed by atoms with Crippen molar-refractivity contribution in [3.05, 3.63) is 66.6 Å². The first kappa shape index (κ1) is 15.5. The molecule has 1 aliphatic heterocycles. The van der Waals surface area contributed by atoms with Gasteiger partial charge in [0.05, 0.1) is 17.1 Å². The van der Waals surface area contributed by atoms with E-state index in [9.17, 15) is 9.18 Å². The fourth-order valence-corrected chi connectivity index (χ4v) is 3.12. The average molecular weight is 360 g/mol. The molecular formula is C20H13FN4O2. The fraction of sp³-hybridized carbons (Fsp3) is 0.0500. The van der Waals surface area contributed by atoms with Crippen LogP contribution in [0.3, 0.4) is 0 Å². The second-order valence-electron chi connectivity index (χ2n) is 6.18. The average Bonchev–Trinajstić information content (AvgIpc) is 3.12. The van der Waals surface area contributed by atoms with Crippen LogP contribution in [0.25, 0.3) is 28.2 Å². The lowest BCUT2D eigenvalue weighted by atomic mass is 10.1. The Bertz CT molecular complexity index is 1180. The van der Waals surface area contributed by atoms with Gasteiger partial charge in [0.15, 0.2) is 12.3 Å². The molecule has 132 valence electrons. The van der Waals surface area contributed by atoms with E-state index in [0.717, 1.165) is 16.8 Å². The molecule has 1 amide bonds. The van der Waals surface area contributed by atoms with Crippen LogP contribution in [0, 0.1) is 5.82 Å². The molecule has 1 aliphatic rings. The third-order valence-corrected chi connectivity index (χ3v) is 4.41. The number of rotatable bonds is 2. The molecule has 0 spiro atoms. The van der Waals surface area contributed by atoms with Crippen LogP contribution in [-0.4, -0.2) is 27.1 Å². The molecule has 2 aromatic carbocycles. The Balaban J connectivity index is 1.63. The third-order valence-electron chi connectivity index (χ3n) is 4.41. The Morgan fingerprint density at radius 1 is 1.04 bits per heavy atom. The van der Waals surface area contributed by atoms with Gasteiger partial charge in [-0.3, -0.25) is 4.79 Å². The first-order valence-electron chi connectivity index (χ1n) is 8.35. The number of hydrogen-bond acceptors (Lipinski definition) is 4. The predicted molar refractivity (Wildman–Crippen MR) is 97.9 cm³/mol. The van der Waals surface area contributed by atoms with Crippen molar-refractivity contribution in [3.63, 3.8) is 0 Å². The molecule has 0 fully saturated rings. The normalized spacial score (nSPS) is 13.1. The lowest BCUT2D eigenvalue weighted by Gasteiger charge is -2.18. The van der Waals surface area contributed by atoms with Crippen LogP contribution in [0.15, 0.2) is 60.8 Å². The molecular weight excluding hydrogens is 347 g/mol. The Morgan fingerprint density at radius 2 is 1.85 bits per heavy atom. The van der Waals surface area contributed by atoms with Gasteiger partial charge >= 0.3 is 0 Å². The highest BCUT2D eigenvalue weighted by Gasteiger charge is 2.17. The molecule has 0 radical (unpaired) electrons. The summed E-state index contributed by atoms with van der Waals surface area (Å²) in [6.07, 6.45) is 1.70. The number of fused-ring (bicyclic) bond motifs is 2. The first-order chi connectivity index (χ1) is 13.2. The van der Waals surface area contributed by atoms with Crippen molar-refractivity contribution in [2.24, 2.45) is 0 Å². The minimum atomic E-state index is -0.292. The minimum absolute atomic E-state index is 0.0199. The predicted octanol–water partition coefficient (Wildman–Crippen LogP) is 3.53. The molecule has 2 aromatic heterocycles. The number of aromatic nitrogens is 3. The lowest BCUT2D eigenvalue weighted by molar-refractivity contribution is -0.118. The van der Waals surface area contributed by atoms with Crippen LogP contribution in [0.4, 0.5) is 10.1 Å². The Morgan fingerprint density at radius 3 is 2.70 bits per heavy atom. The van der Waals surface area contributed by atoms with Crippen molar-refractivity contribution in [1.29, 1.82) is 0 Å². The van der Waals surface area contributed by atoms with E-state index in [1.54, 1.807) is 22.8 Å². The van der Waals surface area contributed by atoms with Crippen molar-refractivity contribution in [2.45, 2.75) is 0 Å². The van der Waals surface area contributed by atoms with E-state index in [0.29, 0.717) is 22.8 Å². The van der Waals surface area contributed by atoms with Crippen LogP contribution in [0.5, 0.6) is 5.75 Å². The van der Waals surface area contributed by atoms with Crippen LogP contribution >= 0.6 is 0 Å². The molecule has 0 unspecified atom stereocenters. The lowest BCUT2D eigenvalue weighted by Crippen LogP contribution is -2.25. The van der Waals surface area contributed by atoms with Crippen molar-refractivity contribution >= 4 is 17.2 Å². The summed E-state index contributed by atoms with van der Waals surface area (Å²) >= 11 is 0. The number of carbonyl (C=O) groups excluding carboxylic acids is 1. The largest absolute Gasteiger partial charge is 0.482 e. The van der Waals surface area contributed by atoms with Gasteiger partial charge in [0, 0.05) is 23.4 Å². The van der Waals surface area contributed by atoms with Gasteiger partial charge in [0.1, 0.15) is 11.6 Å². The number of halogens is 1. The summed E-state index contributed by atoms with van der Waals surface area (Å²) in [5, 5.41) is 7.44. The molecule has 0 aliphatic carbocycles. The molecule has 7 heteroatoms. The molecule has 0 atom stereocenters. The summed E-state index contributed by atoms with van der Waals surface area (Å²) in [4.78, 5) is 15.9. The summed E-state index contributed by atoms with van der Waals surface area (Å²) in [5.41, 5.74) is 4.48. The van der Waals surface area contributed by atoms with E-state index in [-0.39, 0.29) is 18.3 Å². The van der Waals surface area contributed by atoms with E-state index in [2.05, 4.69) is 15.4 Å². The molecule has 4 aromatic rings. The van der Waals surface area contributed by atoms with Gasteiger partial charge < -0.3 is 10.1 Å². The maximum absolute atomic E-state index is 13.2. The number of amides is 1. The summed E-state index contributed by atoms with van der Waals surface area (Å²) in [7, 11) is 0. The quantitative estimate of drug-likeness (QED) is 0.594. The zero-order chi connectivity index (χ0) is 18.4. The summed E-state index contributed by atoms with van der Waals surface area (Å²) in [6.45, 7) is 0.0199. The van der Waals surface area contributed by atoms with Gasteiger partial charge in [-0.15, -0.1) is 0 Å². The standard InChI is InChI=1S/C20H13FN4O2/c21-14-4-1-12(2-5-14)15-10-19-22-8-7-17(25(19)24-15)13-3-6-18-16(9-13)23-20(26)11-27-18/h1-10H,11H2,(H,23,26). The Labute approximate surface area is 153 Å². The van der Waals surface area contributed by atoms with Gasteiger partial charge in [-0.05, 0) is 48.5 Å². The summed E-state index contributed by atoms with van der Waals surface area (Å²) in [5.74, 6) is 0.160. The second-order valence-corrected chi connectivity index (χ2v) is 6.18. The van der Waals surface area contributed by atoms with E-state index < -0.39 is 0 Å². The zero-order valence-electron chi connectivity index (χ0n) is 14.0. The van der Waals surface area contributed by atoms with Crippen molar-refractivity contribution in [2.75, 3.05) is 11.9 Å². The number of carbonyl (C=O) groups is 1. The topological polar surface area (TPSA) is 68.5 Å². The monoisotopic (exact) mass is 360 g/mol. The highest BCUT2D eigenvalue weighted by Crippen LogP contribution is 2.33. The molecule has 0 bridgehead atoms. The van der Waals surface area contributed by atoms with Gasteiger partial charge in [-0.1, -0.05) is 0 Å². The van der Waals surface area contributed by atoms with Gasteiger partial charge in [0.25, 0.3) is 5.91 Å². The maximum Gasteiger partial charge on any atom is 0.262 e. The fourth-order valence-electron chi connectivity index (χ4n) is 3.12. The van der Waals surface area contributed by atoms with Gasteiger partial charge in [-0.2, -0.15) is 5.10 Å². The van der Waals surface area contributed by atoms with E-state index in [1.165, 1.54) is 12.1 Å². The zero-order valence-corrected chi connectivity index (χ0v) is 14.0. The van der Waals surface area contributed by atoms with Crippen LogP contribution in [0.2, 0.25) is 0 Å². The molecule has 0 saturated heterocycles. The van der Waals surface area contributed by atoms with Crippen LogP contribution in [-0.2, 0) is 4.79 Å². The molecule has 5 rings (SSSR count). The SMILES string of the molecule is O=C1COc2ccc(-c3ccnc4cc(-c5ccc(F)cc5)nn34)cc2N1. The third kappa shape index (κ3) is 2.69. The van der Waals surface area contributed by atoms with E-state index >= 15 is 0 Å². The minimum Gasteiger partial charge on any atom is -0.482 e. The highest BCUT2D eigenvalue weighted by atomic mass is 19.1. The number of anilines is 1. The maximum atomic E-state index is 13.2. The van der Waals surface area contributed by atoms with Crippen molar-refractivity contribution < 1.29 is 13.9 Å². The number of ether oxygens (including phenoxy) is 1. The molecule has 3 heterocycles. The number of hydrogen-bond donors (Lipinski definition) is 1. The first-order valence-corrected chi connectivity index (χ1v) is 8.35.